The first-order valence-corrected chi connectivity index (χ1v) is 10.1. The molecule has 1 aliphatic heterocycles. The van der Waals surface area contributed by atoms with Gasteiger partial charge in [0.15, 0.2) is 0 Å². The molecule has 0 aliphatic carbocycles. The molecule has 0 spiro atoms. The third-order valence-corrected chi connectivity index (χ3v) is 5.76. The molecule has 0 N–H and O–H groups in total. The van der Waals surface area contributed by atoms with E-state index >= 15 is 0 Å². The van der Waals surface area contributed by atoms with Crippen LogP contribution < -0.4 is 4.90 Å². The number of nitrogens with zero attached hydrogens (tertiary/aromatic N) is 2. The fourth-order valence-corrected chi connectivity index (χ4v) is 3.99. The molecule has 1 fully saturated rings. The normalized spacial score (nSPS) is 15.7. The van der Waals surface area contributed by atoms with E-state index in [1.165, 1.54) is 4.90 Å². The van der Waals surface area contributed by atoms with Crippen molar-refractivity contribution in [2.45, 2.75) is 20.4 Å². The zero-order chi connectivity index (χ0) is 19.4. The fourth-order valence-electron chi connectivity index (χ4n) is 2.95. The van der Waals surface area contributed by atoms with Gasteiger partial charge >= 0.3 is 0 Å². The number of anilines is 1. The number of carbonyl (C=O) groups is 2. The molecule has 0 aromatic heterocycles. The van der Waals surface area contributed by atoms with Gasteiger partial charge in [-0.3, -0.25) is 14.5 Å². The van der Waals surface area contributed by atoms with E-state index < -0.39 is 0 Å². The second kappa shape index (κ2) is 8.63. The average Bonchev–Trinajstić information content (AvgIpc) is 2.93. The predicted molar refractivity (Wildman–Crippen MR) is 113 cm³/mol. The van der Waals surface area contributed by atoms with Crippen molar-refractivity contribution in [2.24, 2.45) is 0 Å². The standard InChI is InChI=1S/C21H21ClN2O2S/c1-3-23(4-2)17-11-9-15(10-12-17)13-19-20(25)24(21(26)27-19)14-16-7-5-6-8-18(16)22/h5-13H,3-4,14H2,1-2H3/b19-13+. The van der Waals surface area contributed by atoms with Crippen LogP contribution in [0.2, 0.25) is 5.02 Å². The SMILES string of the molecule is CCN(CC)c1ccc(/C=C2/SC(=O)N(Cc3ccccc3Cl)C2=O)cc1. The van der Waals surface area contributed by atoms with Gasteiger partial charge in [-0.25, -0.2) is 0 Å². The topological polar surface area (TPSA) is 40.6 Å². The Morgan fingerprint density at radius 2 is 1.70 bits per heavy atom. The lowest BCUT2D eigenvalue weighted by atomic mass is 10.1. The van der Waals surface area contributed by atoms with Crippen molar-refractivity contribution in [2.75, 3.05) is 18.0 Å². The molecule has 2 aromatic carbocycles. The van der Waals surface area contributed by atoms with Gasteiger partial charge in [-0.1, -0.05) is 41.9 Å². The maximum atomic E-state index is 12.7. The fraction of sp³-hybridized carbons (Fsp3) is 0.238. The van der Waals surface area contributed by atoms with E-state index in [1.807, 2.05) is 42.5 Å². The lowest BCUT2D eigenvalue weighted by Crippen LogP contribution is -2.27. The van der Waals surface area contributed by atoms with Crippen LogP contribution in [0.1, 0.15) is 25.0 Å². The Labute approximate surface area is 168 Å². The highest BCUT2D eigenvalue weighted by Gasteiger charge is 2.35. The summed E-state index contributed by atoms with van der Waals surface area (Å²) in [6.45, 7) is 6.30. The molecule has 0 bridgehead atoms. The highest BCUT2D eigenvalue weighted by Crippen LogP contribution is 2.34. The van der Waals surface area contributed by atoms with Gasteiger partial charge in [-0.05, 0) is 61.0 Å². The Morgan fingerprint density at radius 1 is 1.04 bits per heavy atom. The van der Waals surface area contributed by atoms with E-state index in [0.29, 0.717) is 9.93 Å². The van der Waals surface area contributed by atoms with Crippen LogP contribution in [0.4, 0.5) is 10.5 Å². The molecule has 4 nitrogen and oxygen atoms in total. The summed E-state index contributed by atoms with van der Waals surface area (Å²) in [7, 11) is 0. The molecule has 6 heteroatoms. The molecule has 2 amide bonds. The largest absolute Gasteiger partial charge is 0.372 e. The van der Waals surface area contributed by atoms with Gasteiger partial charge in [-0.2, -0.15) is 0 Å². The van der Waals surface area contributed by atoms with Gasteiger partial charge in [0.25, 0.3) is 11.1 Å². The second-order valence-corrected chi connectivity index (χ2v) is 7.52. The summed E-state index contributed by atoms with van der Waals surface area (Å²) >= 11 is 7.12. The average molecular weight is 401 g/mol. The molecule has 1 heterocycles. The smallest absolute Gasteiger partial charge is 0.293 e. The number of benzene rings is 2. The maximum absolute atomic E-state index is 12.7. The number of hydrogen-bond acceptors (Lipinski definition) is 4. The van der Waals surface area contributed by atoms with Gasteiger partial charge in [0.2, 0.25) is 0 Å². The summed E-state index contributed by atoms with van der Waals surface area (Å²) in [5.41, 5.74) is 2.80. The maximum Gasteiger partial charge on any atom is 0.293 e. The summed E-state index contributed by atoms with van der Waals surface area (Å²) in [5.74, 6) is -0.280. The van der Waals surface area contributed by atoms with Crippen molar-refractivity contribution < 1.29 is 9.59 Å². The third-order valence-electron chi connectivity index (χ3n) is 4.48. The summed E-state index contributed by atoms with van der Waals surface area (Å²) in [5, 5.41) is 0.276. The van der Waals surface area contributed by atoms with Crippen molar-refractivity contribution in [3.8, 4) is 0 Å². The Bertz CT molecular complexity index is 876. The van der Waals surface area contributed by atoms with Crippen LogP contribution in [-0.2, 0) is 11.3 Å². The van der Waals surface area contributed by atoms with Crippen molar-refractivity contribution in [3.05, 3.63) is 69.6 Å². The Balaban J connectivity index is 1.77. The summed E-state index contributed by atoms with van der Waals surface area (Å²) in [6, 6.07) is 15.2. The van der Waals surface area contributed by atoms with Crippen LogP contribution in [0, 0.1) is 0 Å². The van der Waals surface area contributed by atoms with E-state index in [9.17, 15) is 9.59 Å². The van der Waals surface area contributed by atoms with Crippen molar-refractivity contribution in [1.82, 2.24) is 4.90 Å². The summed E-state index contributed by atoms with van der Waals surface area (Å²) in [4.78, 5) is 28.9. The third kappa shape index (κ3) is 4.37. The van der Waals surface area contributed by atoms with Gasteiger partial charge in [0.1, 0.15) is 0 Å². The van der Waals surface area contributed by atoms with Gasteiger partial charge in [-0.15, -0.1) is 0 Å². The van der Waals surface area contributed by atoms with E-state index in [-0.39, 0.29) is 17.7 Å². The van der Waals surface area contributed by atoms with E-state index in [2.05, 4.69) is 18.7 Å². The monoisotopic (exact) mass is 400 g/mol. The van der Waals surface area contributed by atoms with Crippen LogP contribution in [0.5, 0.6) is 0 Å². The zero-order valence-electron chi connectivity index (χ0n) is 15.3. The van der Waals surface area contributed by atoms with Crippen LogP contribution in [0.15, 0.2) is 53.4 Å². The van der Waals surface area contributed by atoms with Crippen LogP contribution >= 0.6 is 23.4 Å². The lowest BCUT2D eigenvalue weighted by Gasteiger charge is -2.20. The zero-order valence-corrected chi connectivity index (χ0v) is 16.9. The minimum absolute atomic E-state index is 0.183. The first-order valence-electron chi connectivity index (χ1n) is 8.87. The molecule has 0 atom stereocenters. The molecule has 140 valence electrons. The quantitative estimate of drug-likeness (QED) is 0.607. The number of thioether (sulfide) groups is 1. The number of imide groups is 1. The molecule has 1 saturated heterocycles. The molecule has 27 heavy (non-hydrogen) atoms. The molecule has 2 aromatic rings. The molecule has 0 saturated carbocycles. The Morgan fingerprint density at radius 3 is 2.33 bits per heavy atom. The number of hydrogen-bond donors (Lipinski definition) is 0. The summed E-state index contributed by atoms with van der Waals surface area (Å²) in [6.07, 6.45) is 1.77. The molecule has 0 unspecified atom stereocenters. The first-order chi connectivity index (χ1) is 13.0. The van der Waals surface area contributed by atoms with Gasteiger partial charge < -0.3 is 4.90 Å². The number of amides is 2. The van der Waals surface area contributed by atoms with Crippen LogP contribution in [0.3, 0.4) is 0 Å². The first kappa shape index (κ1) is 19.5. The molecule has 3 rings (SSSR count). The highest BCUT2D eigenvalue weighted by molar-refractivity contribution is 8.18. The molecular weight excluding hydrogens is 380 g/mol. The van der Waals surface area contributed by atoms with Crippen LogP contribution in [0.25, 0.3) is 6.08 Å². The van der Waals surface area contributed by atoms with E-state index in [4.69, 9.17) is 11.6 Å². The van der Waals surface area contributed by atoms with Gasteiger partial charge in [0.05, 0.1) is 11.4 Å². The van der Waals surface area contributed by atoms with Crippen molar-refractivity contribution >= 4 is 46.3 Å². The minimum atomic E-state index is -0.280. The van der Waals surface area contributed by atoms with Crippen LogP contribution in [-0.4, -0.2) is 29.1 Å². The molecular formula is C21H21ClN2O2S. The Kier molecular flexibility index (Phi) is 6.24. The van der Waals surface area contributed by atoms with E-state index in [1.54, 1.807) is 12.1 Å². The lowest BCUT2D eigenvalue weighted by molar-refractivity contribution is -0.123. The minimum Gasteiger partial charge on any atom is -0.372 e. The molecule has 1 aliphatic rings. The molecule has 0 radical (unpaired) electrons. The Hall–Kier alpha value is -2.24. The predicted octanol–water partition coefficient (Wildman–Crippen LogP) is 5.42. The van der Waals surface area contributed by atoms with E-state index in [0.717, 1.165) is 41.7 Å². The van der Waals surface area contributed by atoms with Crippen molar-refractivity contribution in [1.29, 1.82) is 0 Å². The number of halogens is 1. The van der Waals surface area contributed by atoms with Gasteiger partial charge in [0, 0.05) is 23.8 Å². The second-order valence-electron chi connectivity index (χ2n) is 6.12. The highest BCUT2D eigenvalue weighted by atomic mass is 35.5. The number of carbonyl (C=O) groups excluding carboxylic acids is 2. The summed E-state index contributed by atoms with van der Waals surface area (Å²) < 4.78 is 0. The van der Waals surface area contributed by atoms with Crippen molar-refractivity contribution in [3.63, 3.8) is 0 Å². The number of rotatable bonds is 6.